The number of benzene rings is 3. The maximum Gasteiger partial charge on any atom is 0.322 e. The van der Waals surface area contributed by atoms with Gasteiger partial charge < -0.3 is 15.5 Å². The van der Waals surface area contributed by atoms with Gasteiger partial charge >= 0.3 is 5.97 Å². The van der Waals surface area contributed by atoms with Gasteiger partial charge in [0, 0.05) is 10.9 Å². The Morgan fingerprint density at radius 2 is 1.50 bits per heavy atom. The Kier molecular flexibility index (Phi) is 7.60. The number of halogens is 1. The van der Waals surface area contributed by atoms with E-state index in [4.69, 9.17) is 5.11 Å². The topological polar surface area (TPSA) is 122 Å². The third-order valence-electron chi connectivity index (χ3n) is 5.53. The van der Waals surface area contributed by atoms with Gasteiger partial charge in [0.1, 0.15) is 12.4 Å². The van der Waals surface area contributed by atoms with Gasteiger partial charge in [0.15, 0.2) is 5.56 Å². The van der Waals surface area contributed by atoms with E-state index in [1.54, 1.807) is 0 Å². The number of hydrogen-bond donors (Lipinski definition) is 3. The van der Waals surface area contributed by atoms with Crippen molar-refractivity contribution in [2.45, 2.75) is 13.0 Å². The maximum atomic E-state index is 13.4. The number of nitrogens with one attached hydrogen (secondary N) is 1. The number of carbonyl (C=O) groups excluding carboxylic acids is 1. The molecule has 182 valence electrons. The Morgan fingerprint density at radius 3 is 2.11 bits per heavy atom. The molecule has 9 heteroatoms. The summed E-state index contributed by atoms with van der Waals surface area (Å²) in [5.74, 6) is -2.74. The van der Waals surface area contributed by atoms with E-state index in [1.807, 2.05) is 78.9 Å². The predicted octanol–water partition coefficient (Wildman–Crippen LogP) is 3.83. The summed E-state index contributed by atoms with van der Waals surface area (Å²) in [6.07, 6.45) is 0.248. The molecule has 0 aliphatic carbocycles. The van der Waals surface area contributed by atoms with Gasteiger partial charge in [0.25, 0.3) is 11.5 Å². The molecule has 4 aromatic rings. The highest BCUT2D eigenvalue weighted by molar-refractivity contribution is 9.10. The molecule has 1 aromatic heterocycles. The molecule has 0 saturated carbocycles. The SMILES string of the molecule is O=C(O)CNC(=O)c1c(O)nc(Cc2ccccc2)n(Cc2ccc(-c3ccc(Br)cc3)cc2)c1=O. The van der Waals surface area contributed by atoms with Crippen molar-refractivity contribution in [1.29, 1.82) is 0 Å². The van der Waals surface area contributed by atoms with Crippen LogP contribution in [0.25, 0.3) is 11.1 Å². The van der Waals surface area contributed by atoms with Crippen LogP contribution in [0.3, 0.4) is 0 Å². The molecule has 1 heterocycles. The van der Waals surface area contributed by atoms with Crippen molar-refractivity contribution < 1.29 is 19.8 Å². The lowest BCUT2D eigenvalue weighted by molar-refractivity contribution is -0.135. The number of nitrogens with zero attached hydrogens (tertiary/aromatic N) is 2. The molecule has 0 unspecified atom stereocenters. The highest BCUT2D eigenvalue weighted by Gasteiger charge is 2.23. The lowest BCUT2D eigenvalue weighted by atomic mass is 10.0. The van der Waals surface area contributed by atoms with E-state index in [2.05, 4.69) is 26.2 Å². The molecule has 0 atom stereocenters. The van der Waals surface area contributed by atoms with Gasteiger partial charge in [-0.05, 0) is 34.4 Å². The number of aromatic hydroxyl groups is 1. The molecule has 0 saturated heterocycles. The van der Waals surface area contributed by atoms with Crippen molar-refractivity contribution >= 4 is 27.8 Å². The Hall–Kier alpha value is -4.24. The van der Waals surface area contributed by atoms with Gasteiger partial charge in [-0.3, -0.25) is 19.0 Å². The van der Waals surface area contributed by atoms with Gasteiger partial charge in [0.05, 0.1) is 6.54 Å². The quantitative estimate of drug-likeness (QED) is 0.308. The average molecular weight is 548 g/mol. The minimum atomic E-state index is -1.28. The molecule has 0 aliphatic heterocycles. The van der Waals surface area contributed by atoms with Crippen LogP contribution in [0.2, 0.25) is 0 Å². The third-order valence-corrected chi connectivity index (χ3v) is 6.06. The van der Waals surface area contributed by atoms with Crippen molar-refractivity contribution in [3.63, 3.8) is 0 Å². The molecule has 3 N–H and O–H groups in total. The summed E-state index contributed by atoms with van der Waals surface area (Å²) >= 11 is 3.43. The monoisotopic (exact) mass is 547 g/mol. The van der Waals surface area contributed by atoms with E-state index in [-0.39, 0.29) is 18.8 Å². The predicted molar refractivity (Wildman–Crippen MR) is 138 cm³/mol. The largest absolute Gasteiger partial charge is 0.493 e. The number of aromatic nitrogens is 2. The van der Waals surface area contributed by atoms with Crippen LogP contribution < -0.4 is 10.9 Å². The standard InChI is InChI=1S/C27H22BrN3O5/c28-21-12-10-20(11-13-21)19-8-6-18(7-9-19)16-31-22(14-17-4-2-1-3-5-17)30-26(35)24(27(31)36)25(34)29-15-23(32)33/h1-13,35H,14-16H2,(H,29,34)(H,32,33). The molecule has 0 bridgehead atoms. The molecule has 0 fully saturated rings. The first-order valence-corrected chi connectivity index (χ1v) is 11.8. The summed E-state index contributed by atoms with van der Waals surface area (Å²) in [5, 5.41) is 21.4. The van der Waals surface area contributed by atoms with E-state index in [1.165, 1.54) is 4.57 Å². The van der Waals surface area contributed by atoms with Crippen molar-refractivity contribution in [3.05, 3.63) is 116 Å². The zero-order chi connectivity index (χ0) is 25.7. The summed E-state index contributed by atoms with van der Waals surface area (Å²) in [6.45, 7) is -0.588. The molecule has 0 spiro atoms. The number of rotatable bonds is 8. The smallest absolute Gasteiger partial charge is 0.322 e. The van der Waals surface area contributed by atoms with Gasteiger partial charge in [-0.2, -0.15) is 4.98 Å². The van der Waals surface area contributed by atoms with Crippen LogP contribution in [0.4, 0.5) is 0 Å². The highest BCUT2D eigenvalue weighted by Crippen LogP contribution is 2.23. The fourth-order valence-electron chi connectivity index (χ4n) is 3.73. The van der Waals surface area contributed by atoms with Gasteiger partial charge in [0.2, 0.25) is 5.88 Å². The molecule has 8 nitrogen and oxygen atoms in total. The summed E-state index contributed by atoms with van der Waals surface area (Å²) in [4.78, 5) is 40.9. The number of carbonyl (C=O) groups is 2. The van der Waals surface area contributed by atoms with Crippen molar-refractivity contribution in [2.24, 2.45) is 0 Å². The molecule has 3 aromatic carbocycles. The molecule has 4 rings (SSSR count). The minimum absolute atomic E-state index is 0.105. The first-order chi connectivity index (χ1) is 17.3. The first kappa shape index (κ1) is 24.9. The van der Waals surface area contributed by atoms with Crippen LogP contribution in [-0.4, -0.2) is 38.2 Å². The summed E-state index contributed by atoms with van der Waals surface area (Å²) < 4.78 is 2.31. The van der Waals surface area contributed by atoms with E-state index >= 15 is 0 Å². The Morgan fingerprint density at radius 1 is 0.889 bits per heavy atom. The van der Waals surface area contributed by atoms with Gasteiger partial charge in [-0.15, -0.1) is 0 Å². The van der Waals surface area contributed by atoms with E-state index < -0.39 is 35.4 Å². The minimum Gasteiger partial charge on any atom is -0.493 e. The van der Waals surface area contributed by atoms with Crippen molar-refractivity contribution in [3.8, 4) is 17.0 Å². The molecular weight excluding hydrogens is 526 g/mol. The molecular formula is C27H22BrN3O5. The molecule has 0 radical (unpaired) electrons. The lowest BCUT2D eigenvalue weighted by Crippen LogP contribution is -2.37. The van der Waals surface area contributed by atoms with Crippen LogP contribution >= 0.6 is 15.9 Å². The fourth-order valence-corrected chi connectivity index (χ4v) is 4.00. The normalized spacial score (nSPS) is 10.7. The Labute approximate surface area is 215 Å². The highest BCUT2D eigenvalue weighted by atomic mass is 79.9. The summed E-state index contributed by atoms with van der Waals surface area (Å²) in [5.41, 5.74) is 2.34. The summed E-state index contributed by atoms with van der Waals surface area (Å²) in [6, 6.07) is 24.9. The molecule has 0 aliphatic rings. The van der Waals surface area contributed by atoms with Gasteiger partial charge in [-0.25, -0.2) is 0 Å². The third kappa shape index (κ3) is 5.87. The average Bonchev–Trinajstić information content (AvgIpc) is 2.86. The number of carboxylic acid groups (broad SMARTS) is 1. The molecule has 1 amide bonds. The Bertz CT molecular complexity index is 1450. The van der Waals surface area contributed by atoms with Crippen LogP contribution in [-0.2, 0) is 17.8 Å². The van der Waals surface area contributed by atoms with Crippen LogP contribution in [0.15, 0.2) is 88.1 Å². The maximum absolute atomic E-state index is 13.4. The van der Waals surface area contributed by atoms with Crippen molar-refractivity contribution in [1.82, 2.24) is 14.9 Å². The van der Waals surface area contributed by atoms with Crippen LogP contribution in [0, 0.1) is 0 Å². The summed E-state index contributed by atoms with van der Waals surface area (Å²) in [7, 11) is 0. The van der Waals surface area contributed by atoms with E-state index in [0.29, 0.717) is 0 Å². The van der Waals surface area contributed by atoms with E-state index in [9.17, 15) is 19.5 Å². The zero-order valence-corrected chi connectivity index (χ0v) is 20.6. The lowest BCUT2D eigenvalue weighted by Gasteiger charge is -2.15. The second-order valence-corrected chi connectivity index (χ2v) is 8.98. The number of amides is 1. The Balaban J connectivity index is 1.71. The second-order valence-electron chi connectivity index (χ2n) is 8.06. The fraction of sp³-hybridized carbons (Fsp3) is 0.111. The number of aliphatic carboxylic acids is 1. The van der Waals surface area contributed by atoms with E-state index in [0.717, 1.165) is 26.7 Å². The zero-order valence-electron chi connectivity index (χ0n) is 19.0. The number of carboxylic acids is 1. The molecule has 36 heavy (non-hydrogen) atoms. The van der Waals surface area contributed by atoms with Crippen molar-refractivity contribution in [2.75, 3.05) is 6.54 Å². The van der Waals surface area contributed by atoms with Crippen LogP contribution in [0.5, 0.6) is 5.88 Å². The number of hydrogen-bond acceptors (Lipinski definition) is 5. The van der Waals surface area contributed by atoms with Gasteiger partial charge in [-0.1, -0.05) is 82.7 Å². The second kappa shape index (κ2) is 11.0. The first-order valence-electron chi connectivity index (χ1n) is 11.0. The van der Waals surface area contributed by atoms with Crippen LogP contribution in [0.1, 0.15) is 27.3 Å².